The van der Waals surface area contributed by atoms with Crippen LogP contribution in [0.25, 0.3) is 10.9 Å². The summed E-state index contributed by atoms with van der Waals surface area (Å²) in [6, 6.07) is 8.41. The monoisotopic (exact) mass is 284 g/mol. The van der Waals surface area contributed by atoms with Crippen molar-refractivity contribution in [3.05, 3.63) is 42.3 Å². The molecule has 0 aliphatic rings. The first-order chi connectivity index (χ1) is 10.1. The van der Waals surface area contributed by atoms with Crippen LogP contribution in [0.5, 0.6) is 0 Å². The van der Waals surface area contributed by atoms with Crippen molar-refractivity contribution < 1.29 is 14.0 Å². The van der Waals surface area contributed by atoms with Gasteiger partial charge in [0.2, 0.25) is 5.91 Å². The molecule has 0 radical (unpaired) electrons. The molecule has 0 saturated heterocycles. The number of amides is 2. The Morgan fingerprint density at radius 1 is 1.19 bits per heavy atom. The Morgan fingerprint density at radius 3 is 2.86 bits per heavy atom. The van der Waals surface area contributed by atoms with Crippen LogP contribution in [0.4, 0.5) is 11.6 Å². The number of fused-ring (bicyclic) bond motifs is 1. The Labute approximate surface area is 119 Å². The van der Waals surface area contributed by atoms with Gasteiger partial charge in [0.15, 0.2) is 11.6 Å². The number of furan rings is 1. The zero-order valence-corrected chi connectivity index (χ0v) is 11.1. The lowest BCUT2D eigenvalue weighted by Crippen LogP contribution is -2.11. The van der Waals surface area contributed by atoms with Crippen molar-refractivity contribution in [3.8, 4) is 0 Å². The first kappa shape index (κ1) is 12.9. The molecule has 1 aromatic carbocycles. The second-order valence-corrected chi connectivity index (χ2v) is 4.47. The summed E-state index contributed by atoms with van der Waals surface area (Å²) >= 11 is 0. The molecule has 0 spiro atoms. The number of H-pyrrole nitrogens is 1. The highest BCUT2D eigenvalue weighted by Gasteiger charge is 2.12. The number of nitrogens with zero attached hydrogens (tertiary/aromatic N) is 1. The van der Waals surface area contributed by atoms with E-state index in [1.165, 1.54) is 19.1 Å². The highest BCUT2D eigenvalue weighted by atomic mass is 16.4. The van der Waals surface area contributed by atoms with E-state index in [4.69, 9.17) is 4.42 Å². The van der Waals surface area contributed by atoms with Crippen molar-refractivity contribution in [3.63, 3.8) is 0 Å². The first-order valence-corrected chi connectivity index (χ1v) is 6.24. The predicted molar refractivity (Wildman–Crippen MR) is 77.1 cm³/mol. The number of carbonyl (C=O) groups is 2. The fraction of sp³-hybridized carbons (Fsp3) is 0.0714. The van der Waals surface area contributed by atoms with Gasteiger partial charge in [-0.15, -0.1) is 0 Å². The van der Waals surface area contributed by atoms with E-state index in [0.717, 1.165) is 10.9 Å². The molecule has 0 aliphatic carbocycles. The second kappa shape index (κ2) is 5.12. The van der Waals surface area contributed by atoms with Gasteiger partial charge in [0.1, 0.15) is 0 Å². The molecule has 7 heteroatoms. The van der Waals surface area contributed by atoms with Crippen molar-refractivity contribution in [1.82, 2.24) is 10.2 Å². The number of nitrogens with one attached hydrogen (secondary N) is 3. The van der Waals surface area contributed by atoms with Crippen LogP contribution >= 0.6 is 0 Å². The molecule has 0 aliphatic heterocycles. The van der Waals surface area contributed by atoms with Crippen molar-refractivity contribution in [2.24, 2.45) is 0 Å². The van der Waals surface area contributed by atoms with Gasteiger partial charge in [0.25, 0.3) is 5.91 Å². The van der Waals surface area contributed by atoms with Crippen LogP contribution in [-0.2, 0) is 4.79 Å². The van der Waals surface area contributed by atoms with Gasteiger partial charge >= 0.3 is 0 Å². The number of hydrogen-bond donors (Lipinski definition) is 3. The van der Waals surface area contributed by atoms with Gasteiger partial charge in [-0.1, -0.05) is 0 Å². The van der Waals surface area contributed by atoms with Gasteiger partial charge in [0, 0.05) is 24.1 Å². The fourth-order valence-electron chi connectivity index (χ4n) is 1.91. The van der Waals surface area contributed by atoms with Gasteiger partial charge in [0.05, 0.1) is 11.7 Å². The van der Waals surface area contributed by atoms with Gasteiger partial charge in [-0.05, 0) is 24.3 Å². The maximum Gasteiger partial charge on any atom is 0.291 e. The summed E-state index contributed by atoms with van der Waals surface area (Å²) in [5, 5.41) is 12.9. The van der Waals surface area contributed by atoms with Crippen molar-refractivity contribution >= 4 is 34.3 Å². The van der Waals surface area contributed by atoms with Gasteiger partial charge in [-0.3, -0.25) is 20.0 Å². The normalized spacial score (nSPS) is 10.5. The van der Waals surface area contributed by atoms with Crippen molar-refractivity contribution in [2.75, 3.05) is 10.6 Å². The molecule has 3 rings (SSSR count). The van der Waals surface area contributed by atoms with E-state index < -0.39 is 5.91 Å². The van der Waals surface area contributed by atoms with Gasteiger partial charge in [-0.2, -0.15) is 5.10 Å². The molecule has 0 saturated carbocycles. The molecular weight excluding hydrogens is 272 g/mol. The predicted octanol–water partition coefficient (Wildman–Crippen LogP) is 2.37. The van der Waals surface area contributed by atoms with Crippen LogP contribution in [0, 0.1) is 0 Å². The number of benzene rings is 1. The third kappa shape index (κ3) is 2.76. The molecule has 106 valence electrons. The Kier molecular flexibility index (Phi) is 3.15. The van der Waals surface area contributed by atoms with Crippen LogP contribution < -0.4 is 10.6 Å². The number of hydrogen-bond acceptors (Lipinski definition) is 4. The van der Waals surface area contributed by atoms with Gasteiger partial charge in [-0.25, -0.2) is 0 Å². The Hall–Kier alpha value is -3.09. The minimum atomic E-state index is -0.398. The molecule has 3 N–H and O–H groups in total. The minimum Gasteiger partial charge on any atom is -0.435 e. The molecule has 0 bridgehead atoms. The van der Waals surface area contributed by atoms with E-state index in [1.54, 1.807) is 18.3 Å². The van der Waals surface area contributed by atoms with Crippen LogP contribution in [0.2, 0.25) is 0 Å². The minimum absolute atomic E-state index is 0.114. The number of rotatable bonds is 3. The molecule has 21 heavy (non-hydrogen) atoms. The fourth-order valence-corrected chi connectivity index (χ4v) is 1.91. The van der Waals surface area contributed by atoms with E-state index in [2.05, 4.69) is 20.8 Å². The van der Waals surface area contributed by atoms with Gasteiger partial charge < -0.3 is 9.73 Å². The van der Waals surface area contributed by atoms with Crippen LogP contribution in [0.15, 0.2) is 40.9 Å². The smallest absolute Gasteiger partial charge is 0.291 e. The molecule has 2 heterocycles. The van der Waals surface area contributed by atoms with Crippen molar-refractivity contribution in [1.29, 1.82) is 0 Å². The van der Waals surface area contributed by atoms with Crippen LogP contribution in [0.3, 0.4) is 0 Å². The second-order valence-electron chi connectivity index (χ2n) is 4.47. The number of carbonyl (C=O) groups excluding carboxylic acids is 2. The van der Waals surface area contributed by atoms with Crippen LogP contribution in [0.1, 0.15) is 17.5 Å². The topological polar surface area (TPSA) is 100 Å². The molecule has 7 nitrogen and oxygen atoms in total. The lowest BCUT2D eigenvalue weighted by atomic mass is 10.2. The van der Waals surface area contributed by atoms with E-state index in [0.29, 0.717) is 5.69 Å². The maximum atomic E-state index is 12.0. The van der Waals surface area contributed by atoms with E-state index in [9.17, 15) is 9.59 Å². The first-order valence-electron chi connectivity index (χ1n) is 6.24. The molecule has 0 fully saturated rings. The number of aromatic amines is 1. The average Bonchev–Trinajstić information content (AvgIpc) is 3.06. The Morgan fingerprint density at radius 2 is 2.05 bits per heavy atom. The Bertz CT molecular complexity index is 818. The quantitative estimate of drug-likeness (QED) is 0.687. The highest BCUT2D eigenvalue weighted by Crippen LogP contribution is 2.19. The Balaban J connectivity index is 1.75. The summed E-state index contributed by atoms with van der Waals surface area (Å²) in [5.74, 6) is -0.313. The summed E-state index contributed by atoms with van der Waals surface area (Å²) in [4.78, 5) is 22.9. The summed E-state index contributed by atoms with van der Waals surface area (Å²) < 4.78 is 5.24. The zero-order chi connectivity index (χ0) is 14.8. The highest BCUT2D eigenvalue weighted by molar-refractivity contribution is 6.03. The maximum absolute atomic E-state index is 12.0. The molecule has 2 amide bonds. The van der Waals surface area contributed by atoms with Crippen molar-refractivity contribution in [2.45, 2.75) is 6.92 Å². The summed E-state index contributed by atoms with van der Waals surface area (Å²) in [7, 11) is 0. The van der Waals surface area contributed by atoms with Crippen LogP contribution in [-0.4, -0.2) is 22.0 Å². The molecule has 0 atom stereocenters. The average molecular weight is 284 g/mol. The molecular formula is C14H12N4O3. The lowest BCUT2D eigenvalue weighted by molar-refractivity contribution is -0.114. The van der Waals surface area contributed by atoms with E-state index >= 15 is 0 Å². The standard InChI is InChI=1S/C14H12N4O3/c1-8(19)16-13-5-4-12(21-13)14(20)17-10-3-2-9-7-15-18-11(9)6-10/h2-7H,1H3,(H,15,18)(H,16,19)(H,17,20). The molecule has 2 aromatic heterocycles. The molecule has 3 aromatic rings. The molecule has 0 unspecified atom stereocenters. The number of anilines is 2. The SMILES string of the molecule is CC(=O)Nc1ccc(C(=O)Nc2ccc3cn[nH]c3c2)o1. The summed E-state index contributed by atoms with van der Waals surface area (Å²) in [6.45, 7) is 1.36. The van der Waals surface area contributed by atoms with E-state index in [-0.39, 0.29) is 17.6 Å². The summed E-state index contributed by atoms with van der Waals surface area (Å²) in [5.41, 5.74) is 1.44. The number of aromatic nitrogens is 2. The van der Waals surface area contributed by atoms with E-state index in [1.807, 2.05) is 6.07 Å². The zero-order valence-electron chi connectivity index (χ0n) is 11.1. The third-order valence-electron chi connectivity index (χ3n) is 2.83. The third-order valence-corrected chi connectivity index (χ3v) is 2.83. The lowest BCUT2D eigenvalue weighted by Gasteiger charge is -2.03. The summed E-state index contributed by atoms with van der Waals surface area (Å²) in [6.07, 6.45) is 1.70. The largest absolute Gasteiger partial charge is 0.435 e.